The first-order valence-electron chi connectivity index (χ1n) is 10.2. The van der Waals surface area contributed by atoms with E-state index >= 15 is 0 Å². The van der Waals surface area contributed by atoms with Crippen LogP contribution in [0.4, 0.5) is 0 Å². The maximum Gasteiger partial charge on any atom is 0.191 e. The van der Waals surface area contributed by atoms with E-state index in [4.69, 9.17) is 9.73 Å². The second-order valence-corrected chi connectivity index (χ2v) is 7.54. The molecule has 0 unspecified atom stereocenters. The Hall–Kier alpha value is -1.75. The van der Waals surface area contributed by atoms with Gasteiger partial charge >= 0.3 is 0 Å². The van der Waals surface area contributed by atoms with Gasteiger partial charge in [-0.25, -0.2) is 0 Å². The van der Waals surface area contributed by atoms with Gasteiger partial charge in [-0.3, -0.25) is 9.89 Å². The van der Waals surface area contributed by atoms with Gasteiger partial charge in [0.1, 0.15) is 5.75 Å². The van der Waals surface area contributed by atoms with Crippen LogP contribution >= 0.6 is 0 Å². The lowest BCUT2D eigenvalue weighted by atomic mass is 10.1. The van der Waals surface area contributed by atoms with Crippen LogP contribution in [-0.2, 0) is 12.8 Å². The molecule has 0 amide bonds. The minimum absolute atomic E-state index is 0.608. The van der Waals surface area contributed by atoms with Gasteiger partial charge in [-0.05, 0) is 57.2 Å². The average molecular weight is 359 g/mol. The average Bonchev–Trinajstić information content (AvgIpc) is 3.34. The Bertz CT molecular complexity index is 608. The molecule has 1 aromatic rings. The van der Waals surface area contributed by atoms with E-state index in [0.29, 0.717) is 6.04 Å². The van der Waals surface area contributed by atoms with Crippen LogP contribution in [0.5, 0.6) is 5.75 Å². The van der Waals surface area contributed by atoms with Crippen molar-refractivity contribution in [3.63, 3.8) is 0 Å². The number of benzene rings is 1. The van der Waals surface area contributed by atoms with Crippen molar-refractivity contribution in [2.24, 2.45) is 4.99 Å². The van der Waals surface area contributed by atoms with E-state index in [1.165, 1.54) is 24.0 Å². The number of rotatable bonds is 9. The van der Waals surface area contributed by atoms with Crippen molar-refractivity contribution in [1.29, 1.82) is 0 Å². The number of ether oxygens (including phenoxy) is 1. The number of hydrogen-bond donors (Lipinski definition) is 2. The van der Waals surface area contributed by atoms with Gasteiger partial charge in [-0.1, -0.05) is 12.1 Å². The van der Waals surface area contributed by atoms with E-state index in [2.05, 4.69) is 54.5 Å². The molecule has 1 saturated carbocycles. The first kappa shape index (κ1) is 19.0. The van der Waals surface area contributed by atoms with Crippen LogP contribution in [-0.4, -0.2) is 55.7 Å². The molecule has 0 spiro atoms. The van der Waals surface area contributed by atoms with E-state index in [1.54, 1.807) is 0 Å². The standard InChI is InChI=1S/C21H34N4O/c1-4-22-21(24-12-13-25(16(2)3)19-6-7-19)23-11-9-17-5-8-20-18(15-17)10-14-26-20/h5,8,15-16,19H,4,6-7,9-14H2,1-3H3,(H2,22,23,24). The molecule has 1 aromatic carbocycles. The summed E-state index contributed by atoms with van der Waals surface area (Å²) in [6, 6.07) is 7.97. The number of aliphatic imine (C=N–C) groups is 1. The predicted molar refractivity (Wildman–Crippen MR) is 108 cm³/mol. The van der Waals surface area contributed by atoms with Crippen molar-refractivity contribution < 1.29 is 4.74 Å². The highest BCUT2D eigenvalue weighted by Gasteiger charge is 2.29. The Morgan fingerprint density at radius 1 is 1.31 bits per heavy atom. The molecule has 26 heavy (non-hydrogen) atoms. The van der Waals surface area contributed by atoms with Crippen molar-refractivity contribution in [1.82, 2.24) is 15.5 Å². The molecule has 0 atom stereocenters. The first-order chi connectivity index (χ1) is 12.7. The molecule has 0 saturated heterocycles. The van der Waals surface area contributed by atoms with Crippen LogP contribution in [0.15, 0.2) is 23.2 Å². The molecule has 0 bridgehead atoms. The second kappa shape index (κ2) is 9.26. The van der Waals surface area contributed by atoms with Crippen molar-refractivity contribution in [2.75, 3.05) is 32.8 Å². The summed E-state index contributed by atoms with van der Waals surface area (Å²) in [7, 11) is 0. The Kier molecular flexibility index (Phi) is 6.78. The van der Waals surface area contributed by atoms with Gasteiger partial charge in [0.05, 0.1) is 13.2 Å². The van der Waals surface area contributed by atoms with Crippen molar-refractivity contribution >= 4 is 5.96 Å². The summed E-state index contributed by atoms with van der Waals surface area (Å²) in [5.41, 5.74) is 2.70. The molecular weight excluding hydrogens is 324 g/mol. The maximum atomic E-state index is 5.58. The maximum absolute atomic E-state index is 5.58. The molecule has 1 fully saturated rings. The van der Waals surface area contributed by atoms with E-state index in [-0.39, 0.29) is 0 Å². The smallest absolute Gasteiger partial charge is 0.191 e. The molecule has 2 N–H and O–H groups in total. The van der Waals surface area contributed by atoms with Gasteiger partial charge in [0, 0.05) is 38.1 Å². The summed E-state index contributed by atoms with van der Waals surface area (Å²) in [5, 5.41) is 6.83. The second-order valence-electron chi connectivity index (χ2n) is 7.54. The number of fused-ring (bicyclic) bond motifs is 1. The number of nitrogens with zero attached hydrogens (tertiary/aromatic N) is 2. The quantitative estimate of drug-likeness (QED) is 0.526. The number of nitrogens with one attached hydrogen (secondary N) is 2. The van der Waals surface area contributed by atoms with Crippen LogP contribution in [0.1, 0.15) is 44.7 Å². The van der Waals surface area contributed by atoms with Gasteiger partial charge in [0.25, 0.3) is 0 Å². The molecule has 1 aliphatic heterocycles. The molecule has 144 valence electrons. The van der Waals surface area contributed by atoms with Crippen molar-refractivity contribution in [2.45, 2.75) is 58.5 Å². The van der Waals surface area contributed by atoms with E-state index in [9.17, 15) is 0 Å². The van der Waals surface area contributed by atoms with Gasteiger partial charge < -0.3 is 15.4 Å². The molecule has 3 rings (SSSR count). The van der Waals surface area contributed by atoms with Crippen LogP contribution < -0.4 is 15.4 Å². The highest BCUT2D eigenvalue weighted by Crippen LogP contribution is 2.28. The lowest BCUT2D eigenvalue weighted by Crippen LogP contribution is -2.40. The van der Waals surface area contributed by atoms with Crippen LogP contribution in [0.3, 0.4) is 0 Å². The van der Waals surface area contributed by atoms with Crippen LogP contribution in [0.25, 0.3) is 0 Å². The molecule has 5 nitrogen and oxygen atoms in total. The zero-order chi connectivity index (χ0) is 18.4. The predicted octanol–water partition coefficient (Wildman–Crippen LogP) is 2.59. The van der Waals surface area contributed by atoms with E-state index < -0.39 is 0 Å². The molecule has 1 heterocycles. The third kappa shape index (κ3) is 5.37. The fraction of sp³-hybridized carbons (Fsp3) is 0.667. The monoisotopic (exact) mass is 358 g/mol. The molecule has 0 radical (unpaired) electrons. The van der Waals surface area contributed by atoms with Gasteiger partial charge in [0.2, 0.25) is 0 Å². The lowest BCUT2D eigenvalue weighted by molar-refractivity contribution is 0.218. The fourth-order valence-electron chi connectivity index (χ4n) is 3.61. The summed E-state index contributed by atoms with van der Waals surface area (Å²) in [6.07, 6.45) is 4.74. The third-order valence-electron chi connectivity index (χ3n) is 5.11. The van der Waals surface area contributed by atoms with E-state index in [1.807, 2.05) is 0 Å². The molecule has 1 aliphatic carbocycles. The van der Waals surface area contributed by atoms with Gasteiger partial charge in [-0.15, -0.1) is 0 Å². The highest BCUT2D eigenvalue weighted by molar-refractivity contribution is 5.79. The van der Waals surface area contributed by atoms with Crippen molar-refractivity contribution in [3.8, 4) is 5.75 Å². The fourth-order valence-corrected chi connectivity index (χ4v) is 3.61. The number of guanidine groups is 1. The van der Waals surface area contributed by atoms with E-state index in [0.717, 1.165) is 63.4 Å². The first-order valence-corrected chi connectivity index (χ1v) is 10.2. The van der Waals surface area contributed by atoms with Crippen LogP contribution in [0, 0.1) is 0 Å². The van der Waals surface area contributed by atoms with Crippen molar-refractivity contribution in [3.05, 3.63) is 29.3 Å². The normalized spacial score (nSPS) is 16.7. The summed E-state index contributed by atoms with van der Waals surface area (Å²) < 4.78 is 5.58. The third-order valence-corrected chi connectivity index (χ3v) is 5.11. The topological polar surface area (TPSA) is 48.9 Å². The highest BCUT2D eigenvalue weighted by atomic mass is 16.5. The number of hydrogen-bond acceptors (Lipinski definition) is 3. The largest absolute Gasteiger partial charge is 0.493 e. The minimum atomic E-state index is 0.608. The Morgan fingerprint density at radius 3 is 2.88 bits per heavy atom. The minimum Gasteiger partial charge on any atom is -0.493 e. The van der Waals surface area contributed by atoms with Gasteiger partial charge in [0.15, 0.2) is 5.96 Å². The lowest BCUT2D eigenvalue weighted by Gasteiger charge is -2.25. The summed E-state index contributed by atoms with van der Waals surface area (Å²) in [6.45, 7) is 11.2. The SMILES string of the molecule is CCNC(=NCCN(C(C)C)C1CC1)NCCc1ccc2c(c1)CCO2. The van der Waals surface area contributed by atoms with Gasteiger partial charge in [-0.2, -0.15) is 0 Å². The molecule has 5 heteroatoms. The Balaban J connectivity index is 1.45. The summed E-state index contributed by atoms with van der Waals surface area (Å²) >= 11 is 0. The zero-order valence-corrected chi connectivity index (χ0v) is 16.6. The van der Waals surface area contributed by atoms with Crippen LogP contribution in [0.2, 0.25) is 0 Å². The summed E-state index contributed by atoms with van der Waals surface area (Å²) in [4.78, 5) is 7.35. The summed E-state index contributed by atoms with van der Waals surface area (Å²) in [5.74, 6) is 1.98. The molecule has 2 aliphatic rings. The molecular formula is C21H34N4O. The molecule has 0 aromatic heterocycles. The Labute approximate surface area is 158 Å². The zero-order valence-electron chi connectivity index (χ0n) is 16.6. The Morgan fingerprint density at radius 2 is 2.15 bits per heavy atom.